The molecule has 1 aromatic carbocycles. The fraction of sp³-hybridized carbons (Fsp3) is 0.375. The molecule has 0 unspecified atom stereocenters. The smallest absolute Gasteiger partial charge is 0.321 e. The Balaban J connectivity index is 1.55. The maximum absolute atomic E-state index is 12.3. The van der Waals surface area contributed by atoms with Crippen molar-refractivity contribution in [3.05, 3.63) is 36.0 Å². The summed E-state index contributed by atoms with van der Waals surface area (Å²) in [6.45, 7) is 1.35. The fourth-order valence-corrected chi connectivity index (χ4v) is 2.78. The summed E-state index contributed by atoms with van der Waals surface area (Å²) in [6, 6.07) is 8.97. The number of rotatable bonds is 3. The van der Waals surface area contributed by atoms with Gasteiger partial charge < -0.3 is 25.2 Å². The predicted octanol–water partition coefficient (Wildman–Crippen LogP) is 2.68. The van der Waals surface area contributed by atoms with Crippen molar-refractivity contribution in [1.29, 1.82) is 0 Å². The summed E-state index contributed by atoms with van der Waals surface area (Å²) in [5.41, 5.74) is 7.15. The lowest BCUT2D eigenvalue weighted by atomic mass is 9.94. The summed E-state index contributed by atoms with van der Waals surface area (Å²) >= 11 is 0. The molecule has 3 rings (SSSR count). The number of urea groups is 1. The van der Waals surface area contributed by atoms with Crippen LogP contribution < -0.4 is 15.8 Å². The molecule has 2 aromatic rings. The number of aromatic nitrogens is 1. The first-order valence-corrected chi connectivity index (χ1v) is 7.58. The Morgan fingerprint density at radius 2 is 2.17 bits per heavy atom. The van der Waals surface area contributed by atoms with E-state index in [9.17, 15) is 4.79 Å². The number of hydrogen-bond donors (Lipinski definition) is 2. The number of nitrogens with one attached hydrogen (secondary N) is 1. The van der Waals surface area contributed by atoms with Crippen LogP contribution in [-0.2, 0) is 0 Å². The molecular weight excluding hydrogens is 296 g/mol. The fourth-order valence-electron chi connectivity index (χ4n) is 2.78. The third-order valence-electron chi connectivity index (χ3n) is 4.07. The van der Waals surface area contributed by atoms with Crippen LogP contribution in [0.2, 0.25) is 0 Å². The van der Waals surface area contributed by atoms with Gasteiger partial charge >= 0.3 is 6.03 Å². The number of benzene rings is 1. The minimum absolute atomic E-state index is 0.101. The zero-order valence-corrected chi connectivity index (χ0v) is 13.0. The molecule has 7 heteroatoms. The molecule has 0 atom stereocenters. The van der Waals surface area contributed by atoms with Crippen molar-refractivity contribution < 1.29 is 14.1 Å². The topological polar surface area (TPSA) is 93.6 Å². The second-order valence-electron chi connectivity index (χ2n) is 5.58. The normalized spacial score (nSPS) is 15.4. The Hall–Kier alpha value is -2.70. The first-order valence-electron chi connectivity index (χ1n) is 7.58. The maximum atomic E-state index is 12.3. The molecule has 0 saturated carbocycles. The van der Waals surface area contributed by atoms with E-state index >= 15 is 0 Å². The molecule has 0 spiro atoms. The van der Waals surface area contributed by atoms with E-state index < -0.39 is 0 Å². The van der Waals surface area contributed by atoms with Gasteiger partial charge in [0, 0.05) is 36.8 Å². The number of amides is 2. The van der Waals surface area contributed by atoms with Crippen LogP contribution in [0.15, 0.2) is 34.9 Å². The molecule has 0 radical (unpaired) electrons. The van der Waals surface area contributed by atoms with Gasteiger partial charge in [-0.05, 0) is 25.0 Å². The van der Waals surface area contributed by atoms with Gasteiger partial charge in [-0.15, -0.1) is 0 Å². The third-order valence-corrected chi connectivity index (χ3v) is 4.07. The molecule has 0 aliphatic carbocycles. The molecule has 23 heavy (non-hydrogen) atoms. The second kappa shape index (κ2) is 6.60. The molecule has 1 aliphatic rings. The van der Waals surface area contributed by atoms with E-state index in [0.29, 0.717) is 24.7 Å². The number of carbonyl (C=O) groups is 1. The van der Waals surface area contributed by atoms with Crippen LogP contribution in [0, 0.1) is 0 Å². The Morgan fingerprint density at radius 3 is 2.83 bits per heavy atom. The standard InChI is InChI=1S/C16H20N4O3/c1-22-13-4-2-3-12(9-13)18-16(21)20-7-5-11(6-8-20)14-10-15(17)23-19-14/h2-4,9-11H,5-8,17H2,1H3,(H,18,21). The zero-order chi connectivity index (χ0) is 16.2. The van der Waals surface area contributed by atoms with E-state index in [1.165, 1.54) is 0 Å². The van der Waals surface area contributed by atoms with E-state index in [4.69, 9.17) is 15.0 Å². The van der Waals surface area contributed by atoms with Crippen LogP contribution in [0.5, 0.6) is 5.75 Å². The minimum atomic E-state index is -0.101. The maximum Gasteiger partial charge on any atom is 0.321 e. The van der Waals surface area contributed by atoms with Crippen molar-refractivity contribution in [3.8, 4) is 5.75 Å². The number of nitrogens with two attached hydrogens (primary N) is 1. The van der Waals surface area contributed by atoms with Crippen molar-refractivity contribution in [2.24, 2.45) is 0 Å². The van der Waals surface area contributed by atoms with Crippen molar-refractivity contribution in [1.82, 2.24) is 10.1 Å². The van der Waals surface area contributed by atoms with Crippen molar-refractivity contribution in [2.45, 2.75) is 18.8 Å². The monoisotopic (exact) mass is 316 g/mol. The van der Waals surface area contributed by atoms with E-state index in [-0.39, 0.29) is 11.9 Å². The van der Waals surface area contributed by atoms with Crippen LogP contribution in [0.1, 0.15) is 24.5 Å². The molecule has 1 aliphatic heterocycles. The quantitative estimate of drug-likeness (QED) is 0.908. The number of nitrogens with zero attached hydrogens (tertiary/aromatic N) is 2. The number of nitrogen functional groups attached to an aromatic ring is 1. The van der Waals surface area contributed by atoms with Gasteiger partial charge in [0.2, 0.25) is 5.88 Å². The number of likely N-dealkylation sites (tertiary alicyclic amines) is 1. The Morgan fingerprint density at radius 1 is 1.39 bits per heavy atom. The number of piperidine rings is 1. The van der Waals surface area contributed by atoms with Gasteiger partial charge in [0.1, 0.15) is 5.75 Å². The summed E-state index contributed by atoms with van der Waals surface area (Å²) in [7, 11) is 1.60. The second-order valence-corrected chi connectivity index (χ2v) is 5.58. The van der Waals surface area contributed by atoms with Gasteiger partial charge in [-0.3, -0.25) is 0 Å². The Labute approximate surface area is 134 Å². The van der Waals surface area contributed by atoms with Crippen LogP contribution in [0.4, 0.5) is 16.4 Å². The number of anilines is 2. The molecule has 1 saturated heterocycles. The van der Waals surface area contributed by atoms with E-state index in [1.807, 2.05) is 18.2 Å². The van der Waals surface area contributed by atoms with Crippen LogP contribution >= 0.6 is 0 Å². The summed E-state index contributed by atoms with van der Waals surface area (Å²) in [5, 5.41) is 6.86. The van der Waals surface area contributed by atoms with E-state index in [2.05, 4.69) is 10.5 Å². The largest absolute Gasteiger partial charge is 0.497 e. The summed E-state index contributed by atoms with van der Waals surface area (Å²) in [4.78, 5) is 14.1. The minimum Gasteiger partial charge on any atom is -0.497 e. The third kappa shape index (κ3) is 3.56. The lowest BCUT2D eigenvalue weighted by molar-refractivity contribution is 0.193. The molecule has 7 nitrogen and oxygen atoms in total. The molecule has 2 heterocycles. The van der Waals surface area contributed by atoms with E-state index in [1.54, 1.807) is 24.1 Å². The first kappa shape index (κ1) is 15.2. The lowest BCUT2D eigenvalue weighted by Gasteiger charge is -2.31. The molecule has 0 bridgehead atoms. The molecule has 3 N–H and O–H groups in total. The van der Waals surface area contributed by atoms with Gasteiger partial charge in [0.05, 0.1) is 12.8 Å². The van der Waals surface area contributed by atoms with Gasteiger partial charge in [-0.2, -0.15) is 0 Å². The summed E-state index contributed by atoms with van der Waals surface area (Å²) < 4.78 is 10.1. The number of methoxy groups -OCH3 is 1. The average molecular weight is 316 g/mol. The van der Waals surface area contributed by atoms with E-state index in [0.717, 1.165) is 24.2 Å². The Bertz CT molecular complexity index is 677. The SMILES string of the molecule is COc1cccc(NC(=O)N2CCC(c3cc(N)on3)CC2)c1. The van der Waals surface area contributed by atoms with Crippen molar-refractivity contribution >= 4 is 17.6 Å². The summed E-state index contributed by atoms with van der Waals surface area (Å²) in [5.74, 6) is 1.33. The van der Waals surface area contributed by atoms with Gasteiger partial charge in [0.15, 0.2) is 0 Å². The van der Waals surface area contributed by atoms with Gasteiger partial charge in [0.25, 0.3) is 0 Å². The van der Waals surface area contributed by atoms with Crippen LogP contribution in [0.3, 0.4) is 0 Å². The molecule has 1 aromatic heterocycles. The first-order chi connectivity index (χ1) is 11.2. The molecule has 1 fully saturated rings. The predicted molar refractivity (Wildman–Crippen MR) is 86.5 cm³/mol. The molecule has 2 amide bonds. The molecular formula is C16H20N4O3. The Kier molecular flexibility index (Phi) is 4.36. The molecule has 122 valence electrons. The van der Waals surface area contributed by atoms with Crippen LogP contribution in [-0.4, -0.2) is 36.3 Å². The highest BCUT2D eigenvalue weighted by Gasteiger charge is 2.25. The van der Waals surface area contributed by atoms with Gasteiger partial charge in [-0.25, -0.2) is 4.79 Å². The van der Waals surface area contributed by atoms with Crippen LogP contribution in [0.25, 0.3) is 0 Å². The summed E-state index contributed by atoms with van der Waals surface area (Å²) in [6.07, 6.45) is 1.69. The number of hydrogen-bond acceptors (Lipinski definition) is 5. The zero-order valence-electron chi connectivity index (χ0n) is 13.0. The lowest BCUT2D eigenvalue weighted by Crippen LogP contribution is -2.40. The highest BCUT2D eigenvalue weighted by atomic mass is 16.5. The highest BCUT2D eigenvalue weighted by molar-refractivity contribution is 5.89. The highest BCUT2D eigenvalue weighted by Crippen LogP contribution is 2.28. The number of carbonyl (C=O) groups excluding carboxylic acids is 1. The van der Waals surface area contributed by atoms with Crippen molar-refractivity contribution in [3.63, 3.8) is 0 Å². The average Bonchev–Trinajstić information content (AvgIpc) is 3.01. The van der Waals surface area contributed by atoms with Gasteiger partial charge in [-0.1, -0.05) is 11.2 Å². The number of ether oxygens (including phenoxy) is 1. The van der Waals surface area contributed by atoms with Crippen molar-refractivity contribution in [2.75, 3.05) is 31.2 Å².